The highest BCUT2D eigenvalue weighted by molar-refractivity contribution is 9.10. The van der Waals surface area contributed by atoms with Gasteiger partial charge in [-0.05, 0) is 52.9 Å². The Labute approximate surface area is 128 Å². The first-order valence-electron chi connectivity index (χ1n) is 6.40. The van der Waals surface area contributed by atoms with Gasteiger partial charge in [-0.25, -0.2) is 8.42 Å². The van der Waals surface area contributed by atoms with Crippen LogP contribution in [-0.2, 0) is 10.0 Å². The number of nitrogens with zero attached hydrogens (tertiary/aromatic N) is 1. The van der Waals surface area contributed by atoms with E-state index in [1.807, 2.05) is 0 Å². The zero-order chi connectivity index (χ0) is 14.0. The summed E-state index contributed by atoms with van der Waals surface area (Å²) in [6, 6.07) is 4.75. The largest absolute Gasteiger partial charge is 0.243 e. The minimum absolute atomic E-state index is 0.306. The molecule has 106 valence electrons. The molecule has 0 aromatic heterocycles. The molecule has 1 saturated heterocycles. The molecule has 0 N–H and O–H groups in total. The van der Waals surface area contributed by atoms with E-state index in [1.54, 1.807) is 22.5 Å². The predicted molar refractivity (Wildman–Crippen MR) is 80.9 cm³/mol. The Morgan fingerprint density at radius 1 is 1.47 bits per heavy atom. The lowest BCUT2D eigenvalue weighted by molar-refractivity contribution is 0.261. The second kappa shape index (κ2) is 6.12. The van der Waals surface area contributed by atoms with E-state index in [-0.39, 0.29) is 0 Å². The van der Waals surface area contributed by atoms with Crippen LogP contribution in [0.1, 0.15) is 26.2 Å². The van der Waals surface area contributed by atoms with Crippen molar-refractivity contribution in [2.24, 2.45) is 5.92 Å². The highest BCUT2D eigenvalue weighted by atomic mass is 79.9. The molecule has 6 heteroatoms. The molecule has 0 radical (unpaired) electrons. The van der Waals surface area contributed by atoms with Crippen LogP contribution in [0.2, 0.25) is 5.02 Å². The van der Waals surface area contributed by atoms with Gasteiger partial charge in [0, 0.05) is 17.6 Å². The maximum absolute atomic E-state index is 12.6. The van der Waals surface area contributed by atoms with Crippen LogP contribution in [0.15, 0.2) is 27.6 Å². The first-order valence-corrected chi connectivity index (χ1v) is 9.01. The molecule has 1 atom stereocenters. The molecule has 1 heterocycles. The van der Waals surface area contributed by atoms with Crippen LogP contribution < -0.4 is 0 Å². The van der Waals surface area contributed by atoms with Gasteiger partial charge in [-0.1, -0.05) is 24.9 Å². The molecule has 0 aliphatic carbocycles. The van der Waals surface area contributed by atoms with Gasteiger partial charge in [0.15, 0.2) is 0 Å². The third-order valence-electron chi connectivity index (χ3n) is 3.59. The average Bonchev–Trinajstić information content (AvgIpc) is 2.41. The number of hydrogen-bond acceptors (Lipinski definition) is 2. The highest BCUT2D eigenvalue weighted by Crippen LogP contribution is 2.29. The van der Waals surface area contributed by atoms with E-state index in [2.05, 4.69) is 22.9 Å². The number of rotatable bonds is 3. The van der Waals surface area contributed by atoms with Gasteiger partial charge in [0.1, 0.15) is 0 Å². The number of benzene rings is 1. The zero-order valence-corrected chi connectivity index (χ0v) is 13.9. The molecule has 0 saturated carbocycles. The fourth-order valence-corrected chi connectivity index (χ4v) is 4.59. The van der Waals surface area contributed by atoms with Gasteiger partial charge in [0.2, 0.25) is 10.0 Å². The van der Waals surface area contributed by atoms with Gasteiger partial charge in [-0.15, -0.1) is 0 Å². The van der Waals surface area contributed by atoms with Gasteiger partial charge in [-0.3, -0.25) is 0 Å². The Hall–Kier alpha value is -0.100. The second-order valence-electron chi connectivity index (χ2n) is 4.86. The van der Waals surface area contributed by atoms with E-state index >= 15 is 0 Å². The monoisotopic (exact) mass is 365 g/mol. The first-order chi connectivity index (χ1) is 8.95. The minimum Gasteiger partial charge on any atom is -0.207 e. The molecule has 19 heavy (non-hydrogen) atoms. The van der Waals surface area contributed by atoms with Crippen LogP contribution >= 0.6 is 27.5 Å². The standard InChI is InChI=1S/C13H17BrClNO2S/c1-2-10-4-3-7-16(9-10)19(17,18)11-5-6-13(15)12(14)8-11/h5-6,8,10H,2-4,7,9H2,1H3. The predicted octanol–water partition coefficient (Wildman–Crippen LogP) is 3.91. The second-order valence-corrected chi connectivity index (χ2v) is 8.05. The summed E-state index contributed by atoms with van der Waals surface area (Å²) in [5.74, 6) is 0.472. The summed E-state index contributed by atoms with van der Waals surface area (Å²) in [6.07, 6.45) is 3.08. The fraction of sp³-hybridized carbons (Fsp3) is 0.538. The summed E-state index contributed by atoms with van der Waals surface area (Å²) in [7, 11) is -3.40. The molecular weight excluding hydrogens is 350 g/mol. The third-order valence-corrected chi connectivity index (χ3v) is 6.66. The average molecular weight is 367 g/mol. The van der Waals surface area contributed by atoms with Gasteiger partial charge in [0.05, 0.1) is 9.92 Å². The van der Waals surface area contributed by atoms with Crippen molar-refractivity contribution in [3.05, 3.63) is 27.7 Å². The summed E-state index contributed by atoms with van der Waals surface area (Å²) in [5, 5.41) is 0.518. The Morgan fingerprint density at radius 2 is 2.21 bits per heavy atom. The van der Waals surface area contributed by atoms with E-state index in [9.17, 15) is 8.42 Å². The van der Waals surface area contributed by atoms with Crippen LogP contribution in [-0.4, -0.2) is 25.8 Å². The molecular formula is C13H17BrClNO2S. The Morgan fingerprint density at radius 3 is 2.84 bits per heavy atom. The molecule has 1 aromatic rings. The Bertz CT molecular complexity index is 562. The van der Waals surface area contributed by atoms with Crippen molar-refractivity contribution >= 4 is 37.6 Å². The fourth-order valence-electron chi connectivity index (χ4n) is 2.36. The molecule has 2 rings (SSSR count). The van der Waals surface area contributed by atoms with E-state index in [0.717, 1.165) is 19.3 Å². The summed E-state index contributed by atoms with van der Waals surface area (Å²) in [6.45, 7) is 3.35. The molecule has 1 aliphatic rings. The van der Waals surface area contributed by atoms with Crippen LogP contribution in [0.3, 0.4) is 0 Å². The molecule has 1 aromatic carbocycles. The van der Waals surface area contributed by atoms with Crippen molar-refractivity contribution in [3.63, 3.8) is 0 Å². The summed E-state index contributed by atoms with van der Waals surface area (Å²) in [5.41, 5.74) is 0. The van der Waals surface area contributed by atoms with Crippen LogP contribution in [0.4, 0.5) is 0 Å². The van der Waals surface area contributed by atoms with E-state index < -0.39 is 10.0 Å². The number of halogens is 2. The molecule has 0 spiro atoms. The SMILES string of the molecule is CCC1CCCN(S(=O)(=O)c2ccc(Cl)c(Br)c2)C1. The lowest BCUT2D eigenvalue weighted by atomic mass is 9.97. The van der Waals surface area contributed by atoms with Crippen LogP contribution in [0.5, 0.6) is 0 Å². The lowest BCUT2D eigenvalue weighted by Gasteiger charge is -2.31. The summed E-state index contributed by atoms with van der Waals surface area (Å²) >= 11 is 9.18. The van der Waals surface area contributed by atoms with E-state index in [4.69, 9.17) is 11.6 Å². The van der Waals surface area contributed by atoms with E-state index in [1.165, 1.54) is 0 Å². The van der Waals surface area contributed by atoms with Crippen molar-refractivity contribution < 1.29 is 8.42 Å². The van der Waals surface area contributed by atoms with Crippen molar-refractivity contribution in [1.29, 1.82) is 0 Å². The molecule has 1 aliphatic heterocycles. The summed E-state index contributed by atoms with van der Waals surface area (Å²) in [4.78, 5) is 0.306. The smallest absolute Gasteiger partial charge is 0.207 e. The Balaban J connectivity index is 2.28. The quantitative estimate of drug-likeness (QED) is 0.813. The van der Waals surface area contributed by atoms with Crippen molar-refractivity contribution in [3.8, 4) is 0 Å². The Kier molecular flexibility index (Phi) is 4.93. The van der Waals surface area contributed by atoms with Crippen molar-refractivity contribution in [1.82, 2.24) is 4.31 Å². The number of sulfonamides is 1. The van der Waals surface area contributed by atoms with Crippen LogP contribution in [0, 0.1) is 5.92 Å². The van der Waals surface area contributed by atoms with Gasteiger partial charge in [0.25, 0.3) is 0 Å². The first kappa shape index (κ1) is 15.3. The third kappa shape index (κ3) is 3.32. The van der Waals surface area contributed by atoms with Crippen molar-refractivity contribution in [2.45, 2.75) is 31.1 Å². The zero-order valence-electron chi connectivity index (χ0n) is 10.8. The maximum Gasteiger partial charge on any atom is 0.243 e. The summed E-state index contributed by atoms with van der Waals surface area (Å²) < 4.78 is 27.4. The minimum atomic E-state index is -3.40. The van der Waals surface area contributed by atoms with Gasteiger partial charge in [-0.2, -0.15) is 4.31 Å². The normalized spacial score (nSPS) is 21.5. The van der Waals surface area contributed by atoms with Crippen molar-refractivity contribution in [2.75, 3.05) is 13.1 Å². The maximum atomic E-state index is 12.6. The topological polar surface area (TPSA) is 37.4 Å². The van der Waals surface area contributed by atoms with E-state index in [0.29, 0.717) is 33.4 Å². The van der Waals surface area contributed by atoms with Gasteiger partial charge < -0.3 is 0 Å². The molecule has 0 bridgehead atoms. The van der Waals surface area contributed by atoms with Gasteiger partial charge >= 0.3 is 0 Å². The molecule has 1 unspecified atom stereocenters. The molecule has 1 fully saturated rings. The number of piperidine rings is 1. The highest BCUT2D eigenvalue weighted by Gasteiger charge is 2.29. The molecule has 3 nitrogen and oxygen atoms in total. The molecule has 0 amide bonds. The lowest BCUT2D eigenvalue weighted by Crippen LogP contribution is -2.39. The van der Waals surface area contributed by atoms with Crippen LogP contribution in [0.25, 0.3) is 0 Å². The number of hydrogen-bond donors (Lipinski definition) is 0.